The Morgan fingerprint density at radius 2 is 1.72 bits per heavy atom. The van der Waals surface area contributed by atoms with E-state index in [1.165, 1.54) is 23.1 Å². The van der Waals surface area contributed by atoms with Crippen molar-refractivity contribution in [3.05, 3.63) is 95.1 Å². The Labute approximate surface area is 230 Å². The van der Waals surface area contributed by atoms with Crippen molar-refractivity contribution >= 4 is 17.7 Å². The van der Waals surface area contributed by atoms with Crippen molar-refractivity contribution in [1.29, 1.82) is 0 Å². The van der Waals surface area contributed by atoms with Crippen LogP contribution in [-0.4, -0.2) is 54.4 Å². The first-order valence-corrected chi connectivity index (χ1v) is 13.8. The molecule has 206 valence electrons. The summed E-state index contributed by atoms with van der Waals surface area (Å²) in [6.45, 7) is 3.53. The third-order valence-corrected chi connectivity index (χ3v) is 6.99. The summed E-state index contributed by atoms with van der Waals surface area (Å²) >= 11 is 0. The Balaban J connectivity index is 1.32. The van der Waals surface area contributed by atoms with Gasteiger partial charge in [-0.3, -0.25) is 0 Å². The number of amides is 2. The zero-order chi connectivity index (χ0) is 27.5. The smallest absolute Gasteiger partial charge is 0.333 e. The molecule has 1 unspecified atom stereocenters. The number of urea groups is 1. The second kappa shape index (κ2) is 14.4. The molecule has 1 aliphatic rings. The van der Waals surface area contributed by atoms with Crippen molar-refractivity contribution in [2.75, 3.05) is 31.6 Å². The van der Waals surface area contributed by atoms with Crippen LogP contribution in [0.3, 0.4) is 0 Å². The number of rotatable bonds is 14. The molecule has 0 spiro atoms. The Kier molecular flexibility index (Phi) is 10.4. The van der Waals surface area contributed by atoms with E-state index in [0.717, 1.165) is 36.9 Å². The predicted molar refractivity (Wildman–Crippen MR) is 153 cm³/mol. The molecule has 0 heterocycles. The monoisotopic (exact) mass is 530 g/mol. The molecule has 0 bridgehead atoms. The summed E-state index contributed by atoms with van der Waals surface area (Å²) in [7, 11) is 0. The van der Waals surface area contributed by atoms with Gasteiger partial charge < -0.3 is 24.8 Å². The van der Waals surface area contributed by atoms with E-state index in [0.29, 0.717) is 38.5 Å². The maximum absolute atomic E-state index is 13.3. The van der Waals surface area contributed by atoms with Crippen LogP contribution in [0, 0.1) is 0 Å². The lowest BCUT2D eigenvalue weighted by Gasteiger charge is -2.23. The average molecular weight is 531 g/mol. The van der Waals surface area contributed by atoms with Gasteiger partial charge in [0, 0.05) is 25.3 Å². The van der Waals surface area contributed by atoms with Gasteiger partial charge in [0.05, 0.1) is 6.54 Å². The summed E-state index contributed by atoms with van der Waals surface area (Å²) in [6.07, 6.45) is 4.52. The maximum atomic E-state index is 13.3. The number of hydrogen-bond donors (Lipinski definition) is 2. The number of carbonyl (C=O) groups excluding carboxylic acids is 1. The number of aryl methyl sites for hydroxylation is 3. The summed E-state index contributed by atoms with van der Waals surface area (Å²) in [5, 5.41) is 12.4. The maximum Gasteiger partial charge on any atom is 0.333 e. The Bertz CT molecular complexity index is 1210. The molecule has 39 heavy (non-hydrogen) atoms. The first-order valence-electron chi connectivity index (χ1n) is 13.8. The van der Waals surface area contributed by atoms with Crippen LogP contribution in [0.4, 0.5) is 10.5 Å². The molecular formula is C32H38N2O5. The standard InChI is InChI=1S/C32H38N2O5/c1-2-38-30(31(35)36)22-25-13-17-29(18-14-25)39-21-20-34(19-7-10-24-8-4-3-5-9-24)32(37)33-28-16-15-26-11-6-12-27(26)23-28/h3-5,8-9,13-18,23,30H,2,6-7,10-12,19-22H2,1H3,(H,33,37)(H,35,36). The number of nitrogens with one attached hydrogen (secondary N) is 1. The second-order valence-electron chi connectivity index (χ2n) is 9.82. The highest BCUT2D eigenvalue weighted by molar-refractivity contribution is 5.89. The molecule has 0 aromatic heterocycles. The number of carboxylic acid groups (broad SMARTS) is 1. The molecule has 1 atom stereocenters. The van der Waals surface area contributed by atoms with E-state index in [1.807, 2.05) is 53.4 Å². The average Bonchev–Trinajstić information content (AvgIpc) is 3.41. The zero-order valence-electron chi connectivity index (χ0n) is 22.6. The minimum absolute atomic E-state index is 0.129. The fourth-order valence-corrected chi connectivity index (χ4v) is 4.91. The van der Waals surface area contributed by atoms with Gasteiger partial charge in [0.1, 0.15) is 12.4 Å². The first-order chi connectivity index (χ1) is 19.0. The summed E-state index contributed by atoms with van der Waals surface area (Å²) in [5.74, 6) is -0.298. The predicted octanol–water partition coefficient (Wildman–Crippen LogP) is 5.75. The van der Waals surface area contributed by atoms with Crippen molar-refractivity contribution in [1.82, 2.24) is 4.90 Å². The number of carbonyl (C=O) groups is 2. The Morgan fingerprint density at radius 3 is 2.46 bits per heavy atom. The van der Waals surface area contributed by atoms with Crippen LogP contribution in [-0.2, 0) is 35.2 Å². The van der Waals surface area contributed by atoms with Crippen LogP contribution in [0.25, 0.3) is 0 Å². The van der Waals surface area contributed by atoms with Crippen LogP contribution >= 0.6 is 0 Å². The van der Waals surface area contributed by atoms with Crippen LogP contribution < -0.4 is 10.1 Å². The number of benzene rings is 3. The van der Waals surface area contributed by atoms with Crippen molar-refractivity contribution in [3.63, 3.8) is 0 Å². The molecule has 0 saturated carbocycles. The lowest BCUT2D eigenvalue weighted by Crippen LogP contribution is -2.38. The number of anilines is 1. The number of nitrogens with zero attached hydrogens (tertiary/aromatic N) is 1. The third kappa shape index (κ3) is 8.58. The van der Waals surface area contributed by atoms with E-state index in [9.17, 15) is 14.7 Å². The minimum Gasteiger partial charge on any atom is -0.492 e. The zero-order valence-corrected chi connectivity index (χ0v) is 22.6. The number of aliphatic carboxylic acids is 1. The number of fused-ring (bicyclic) bond motifs is 1. The van der Waals surface area contributed by atoms with Crippen molar-refractivity contribution < 1.29 is 24.2 Å². The number of hydrogen-bond acceptors (Lipinski definition) is 4. The highest BCUT2D eigenvalue weighted by Gasteiger charge is 2.18. The number of carboxylic acids is 1. The van der Waals surface area contributed by atoms with E-state index in [-0.39, 0.29) is 6.03 Å². The molecule has 0 radical (unpaired) electrons. The molecule has 0 saturated heterocycles. The number of ether oxygens (including phenoxy) is 2. The highest BCUT2D eigenvalue weighted by atomic mass is 16.5. The van der Waals surface area contributed by atoms with Gasteiger partial charge in [-0.1, -0.05) is 48.5 Å². The van der Waals surface area contributed by atoms with Crippen molar-refractivity contribution in [2.45, 2.75) is 51.6 Å². The van der Waals surface area contributed by atoms with Crippen molar-refractivity contribution in [2.24, 2.45) is 0 Å². The normalized spacial score (nSPS) is 12.9. The van der Waals surface area contributed by atoms with Crippen LogP contribution in [0.1, 0.15) is 42.0 Å². The fraction of sp³-hybridized carbons (Fsp3) is 0.375. The van der Waals surface area contributed by atoms with Gasteiger partial charge in [-0.15, -0.1) is 0 Å². The largest absolute Gasteiger partial charge is 0.492 e. The van der Waals surface area contributed by atoms with Gasteiger partial charge in [-0.05, 0) is 85.5 Å². The third-order valence-electron chi connectivity index (χ3n) is 6.99. The molecule has 0 aliphatic heterocycles. The van der Waals surface area contributed by atoms with Gasteiger partial charge in [0.25, 0.3) is 0 Å². The van der Waals surface area contributed by atoms with Crippen LogP contribution in [0.15, 0.2) is 72.8 Å². The summed E-state index contributed by atoms with van der Waals surface area (Å²) in [4.78, 5) is 26.4. The van der Waals surface area contributed by atoms with Gasteiger partial charge in [-0.25, -0.2) is 9.59 Å². The summed E-state index contributed by atoms with van der Waals surface area (Å²) in [6, 6.07) is 23.7. The van der Waals surface area contributed by atoms with E-state index >= 15 is 0 Å². The quantitative estimate of drug-likeness (QED) is 0.277. The second-order valence-corrected chi connectivity index (χ2v) is 9.82. The molecule has 4 rings (SSSR count). The molecule has 2 amide bonds. The van der Waals surface area contributed by atoms with E-state index in [2.05, 4.69) is 29.6 Å². The molecule has 3 aromatic carbocycles. The van der Waals surface area contributed by atoms with Gasteiger partial charge in [-0.2, -0.15) is 0 Å². The topological polar surface area (TPSA) is 88.1 Å². The van der Waals surface area contributed by atoms with Gasteiger partial charge in [0.15, 0.2) is 6.10 Å². The first kappa shape index (κ1) is 28.2. The molecule has 2 N–H and O–H groups in total. The highest BCUT2D eigenvalue weighted by Crippen LogP contribution is 2.25. The van der Waals surface area contributed by atoms with Crippen molar-refractivity contribution in [3.8, 4) is 5.75 Å². The molecule has 0 fully saturated rings. The Hall–Kier alpha value is -3.84. The SMILES string of the molecule is CCOC(Cc1ccc(OCCN(CCCc2ccccc2)C(=O)Nc2ccc3c(c2)CCC3)cc1)C(=O)O. The molecule has 7 heteroatoms. The minimum atomic E-state index is -0.970. The van der Waals surface area contributed by atoms with E-state index in [4.69, 9.17) is 9.47 Å². The van der Waals surface area contributed by atoms with Gasteiger partial charge >= 0.3 is 12.0 Å². The van der Waals surface area contributed by atoms with Crippen LogP contribution in [0.5, 0.6) is 5.75 Å². The Morgan fingerprint density at radius 1 is 0.949 bits per heavy atom. The fourth-order valence-electron chi connectivity index (χ4n) is 4.91. The van der Waals surface area contributed by atoms with Gasteiger partial charge in [0.2, 0.25) is 0 Å². The molecule has 3 aromatic rings. The van der Waals surface area contributed by atoms with E-state index in [1.54, 1.807) is 6.92 Å². The molecular weight excluding hydrogens is 492 g/mol. The lowest BCUT2D eigenvalue weighted by atomic mass is 10.1. The van der Waals surface area contributed by atoms with Crippen LogP contribution in [0.2, 0.25) is 0 Å². The lowest BCUT2D eigenvalue weighted by molar-refractivity contribution is -0.149. The van der Waals surface area contributed by atoms with E-state index < -0.39 is 12.1 Å². The summed E-state index contributed by atoms with van der Waals surface area (Å²) < 4.78 is 11.2. The molecule has 7 nitrogen and oxygen atoms in total. The molecule has 1 aliphatic carbocycles. The summed E-state index contributed by atoms with van der Waals surface area (Å²) in [5.41, 5.74) is 5.65.